The van der Waals surface area contributed by atoms with Gasteiger partial charge in [-0.1, -0.05) is 6.92 Å². The predicted molar refractivity (Wildman–Crippen MR) is 72.6 cm³/mol. The van der Waals surface area contributed by atoms with Gasteiger partial charge >= 0.3 is 12.1 Å². The fourth-order valence-electron chi connectivity index (χ4n) is 3.38. The maximum Gasteiger partial charge on any atom is 0.389 e. The summed E-state index contributed by atoms with van der Waals surface area (Å²) in [7, 11) is -3.73. The summed E-state index contributed by atoms with van der Waals surface area (Å²) in [5, 5.41) is 8.99. The molecule has 1 aliphatic heterocycles. The smallest absolute Gasteiger partial charge is 0.389 e. The maximum absolute atomic E-state index is 12.3. The van der Waals surface area contributed by atoms with Crippen LogP contribution in [0.5, 0.6) is 0 Å². The van der Waals surface area contributed by atoms with Gasteiger partial charge in [-0.15, -0.1) is 0 Å². The van der Waals surface area contributed by atoms with E-state index in [2.05, 4.69) is 0 Å². The van der Waals surface area contributed by atoms with Crippen molar-refractivity contribution in [2.45, 2.75) is 38.8 Å². The van der Waals surface area contributed by atoms with Crippen LogP contribution in [0.25, 0.3) is 0 Å². The predicted octanol–water partition coefficient (Wildman–Crippen LogP) is 2.09. The van der Waals surface area contributed by atoms with Crippen LogP contribution < -0.4 is 0 Å². The van der Waals surface area contributed by atoms with E-state index >= 15 is 0 Å². The SMILES string of the molecule is CC(CC(F)(F)F)CS(=O)(=O)N1CCC2(CC1)CC2C(=O)O. The Kier molecular flexibility index (Phi) is 4.51. The molecule has 2 fully saturated rings. The number of carboxylic acids is 1. The molecule has 22 heavy (non-hydrogen) atoms. The Labute approximate surface area is 127 Å². The van der Waals surface area contributed by atoms with Gasteiger partial charge in [-0.25, -0.2) is 12.7 Å². The number of rotatable bonds is 5. The van der Waals surface area contributed by atoms with Crippen LogP contribution in [-0.2, 0) is 14.8 Å². The molecule has 2 atom stereocenters. The third kappa shape index (κ3) is 3.92. The topological polar surface area (TPSA) is 74.7 Å². The van der Waals surface area contributed by atoms with Crippen molar-refractivity contribution in [3.05, 3.63) is 0 Å². The van der Waals surface area contributed by atoms with Crippen LogP contribution in [0.15, 0.2) is 0 Å². The van der Waals surface area contributed by atoms with Crippen molar-refractivity contribution in [3.8, 4) is 0 Å². The monoisotopic (exact) mass is 343 g/mol. The Balaban J connectivity index is 1.89. The molecule has 9 heteroatoms. The zero-order valence-corrected chi connectivity index (χ0v) is 13.1. The van der Waals surface area contributed by atoms with E-state index in [1.165, 1.54) is 11.2 Å². The standard InChI is InChI=1S/C13H20F3NO4S/c1-9(6-13(14,15)16)8-22(20,21)17-4-2-12(3-5-17)7-10(12)11(18)19/h9-10H,2-8H2,1H3,(H,18,19). The van der Waals surface area contributed by atoms with Crippen molar-refractivity contribution in [2.75, 3.05) is 18.8 Å². The molecule has 5 nitrogen and oxygen atoms in total. The second-order valence-electron chi connectivity index (χ2n) is 6.56. The lowest BCUT2D eigenvalue weighted by molar-refractivity contribution is -0.142. The first kappa shape index (κ1) is 17.5. The van der Waals surface area contributed by atoms with Crippen LogP contribution >= 0.6 is 0 Å². The Morgan fingerprint density at radius 3 is 2.32 bits per heavy atom. The van der Waals surface area contributed by atoms with Crippen LogP contribution in [-0.4, -0.2) is 48.8 Å². The van der Waals surface area contributed by atoms with E-state index < -0.39 is 46.2 Å². The van der Waals surface area contributed by atoms with Crippen molar-refractivity contribution in [2.24, 2.45) is 17.3 Å². The van der Waals surface area contributed by atoms with E-state index in [-0.39, 0.29) is 18.5 Å². The first-order chi connectivity index (χ1) is 9.95. The van der Waals surface area contributed by atoms with Crippen molar-refractivity contribution >= 4 is 16.0 Å². The van der Waals surface area contributed by atoms with E-state index in [4.69, 9.17) is 5.11 Å². The van der Waals surface area contributed by atoms with Crippen molar-refractivity contribution in [1.29, 1.82) is 0 Å². The lowest BCUT2D eigenvalue weighted by Gasteiger charge is -2.32. The van der Waals surface area contributed by atoms with Crippen LogP contribution in [0.1, 0.15) is 32.6 Å². The number of alkyl halides is 3. The van der Waals surface area contributed by atoms with Gasteiger partial charge in [0.05, 0.1) is 11.7 Å². The first-order valence-electron chi connectivity index (χ1n) is 7.23. The quantitative estimate of drug-likeness (QED) is 0.829. The fourth-order valence-corrected chi connectivity index (χ4v) is 5.16. The summed E-state index contributed by atoms with van der Waals surface area (Å²) in [6.07, 6.45) is -3.98. The molecule has 1 heterocycles. The Morgan fingerprint density at radius 2 is 1.91 bits per heavy atom. The number of hydrogen-bond donors (Lipinski definition) is 1. The molecule has 0 aromatic heterocycles. The van der Waals surface area contributed by atoms with Gasteiger partial charge in [0.1, 0.15) is 0 Å². The molecule has 1 spiro atoms. The Bertz CT molecular complexity index is 538. The van der Waals surface area contributed by atoms with Crippen LogP contribution in [0.2, 0.25) is 0 Å². The summed E-state index contributed by atoms with van der Waals surface area (Å²) >= 11 is 0. The molecule has 0 bridgehead atoms. The first-order valence-corrected chi connectivity index (χ1v) is 8.83. The highest BCUT2D eigenvalue weighted by Crippen LogP contribution is 2.59. The molecule has 2 aliphatic rings. The zero-order chi connectivity index (χ0) is 16.8. The Hall–Kier alpha value is -0.830. The van der Waals surface area contributed by atoms with Gasteiger partial charge < -0.3 is 5.11 Å². The molecule has 1 saturated carbocycles. The number of aliphatic carboxylic acids is 1. The molecule has 1 saturated heterocycles. The average Bonchev–Trinajstić information content (AvgIpc) is 3.00. The van der Waals surface area contributed by atoms with E-state index in [1.807, 2.05) is 0 Å². The maximum atomic E-state index is 12.3. The summed E-state index contributed by atoms with van der Waals surface area (Å²) in [5.41, 5.74) is -0.296. The molecule has 1 N–H and O–H groups in total. The van der Waals surface area contributed by atoms with Gasteiger partial charge in [0, 0.05) is 19.5 Å². The molecular formula is C13H20F3NO4S. The van der Waals surface area contributed by atoms with Crippen molar-refractivity contribution < 1.29 is 31.5 Å². The third-order valence-electron chi connectivity index (χ3n) is 4.67. The van der Waals surface area contributed by atoms with Crippen LogP contribution in [0.4, 0.5) is 13.2 Å². The molecule has 0 radical (unpaired) electrons. The Morgan fingerprint density at radius 1 is 1.36 bits per heavy atom. The number of carboxylic acid groups (broad SMARTS) is 1. The van der Waals surface area contributed by atoms with E-state index in [9.17, 15) is 26.4 Å². The summed E-state index contributed by atoms with van der Waals surface area (Å²) in [6.45, 7) is 1.67. The highest BCUT2D eigenvalue weighted by molar-refractivity contribution is 7.89. The minimum atomic E-state index is -4.37. The van der Waals surface area contributed by atoms with Crippen LogP contribution in [0, 0.1) is 17.3 Å². The minimum Gasteiger partial charge on any atom is -0.481 e. The lowest BCUT2D eigenvalue weighted by atomic mass is 9.92. The van der Waals surface area contributed by atoms with E-state index in [0.717, 1.165) is 0 Å². The highest BCUT2D eigenvalue weighted by Gasteiger charge is 2.59. The molecule has 0 amide bonds. The molecule has 0 aromatic carbocycles. The number of nitrogens with zero attached hydrogens (tertiary/aromatic N) is 1. The number of carbonyl (C=O) groups is 1. The molecule has 2 unspecified atom stereocenters. The molecule has 1 aliphatic carbocycles. The molecule has 2 rings (SSSR count). The third-order valence-corrected chi connectivity index (χ3v) is 6.82. The van der Waals surface area contributed by atoms with Gasteiger partial charge in [0.15, 0.2) is 0 Å². The summed E-state index contributed by atoms with van der Waals surface area (Å²) in [5.74, 6) is -2.77. The highest BCUT2D eigenvalue weighted by atomic mass is 32.2. The van der Waals surface area contributed by atoms with Gasteiger partial charge in [-0.05, 0) is 30.6 Å². The average molecular weight is 343 g/mol. The summed E-state index contributed by atoms with van der Waals surface area (Å²) in [6, 6.07) is 0. The number of hydrogen-bond acceptors (Lipinski definition) is 3. The van der Waals surface area contributed by atoms with Gasteiger partial charge in [-0.3, -0.25) is 4.79 Å². The number of sulfonamides is 1. The fraction of sp³-hybridized carbons (Fsp3) is 0.923. The van der Waals surface area contributed by atoms with Crippen molar-refractivity contribution in [1.82, 2.24) is 4.31 Å². The lowest BCUT2D eigenvalue weighted by Crippen LogP contribution is -2.42. The van der Waals surface area contributed by atoms with Gasteiger partial charge in [-0.2, -0.15) is 13.2 Å². The molecular weight excluding hydrogens is 323 g/mol. The molecule has 0 aromatic rings. The number of halogens is 3. The minimum absolute atomic E-state index is 0.199. The summed E-state index contributed by atoms with van der Waals surface area (Å²) in [4.78, 5) is 11.0. The number of piperidine rings is 1. The molecule has 128 valence electrons. The second kappa shape index (κ2) is 5.67. The zero-order valence-electron chi connectivity index (χ0n) is 12.3. The largest absolute Gasteiger partial charge is 0.481 e. The van der Waals surface area contributed by atoms with Gasteiger partial charge in [0.25, 0.3) is 0 Å². The van der Waals surface area contributed by atoms with Crippen molar-refractivity contribution in [3.63, 3.8) is 0 Å². The second-order valence-corrected chi connectivity index (χ2v) is 8.57. The van der Waals surface area contributed by atoms with Gasteiger partial charge in [0.2, 0.25) is 10.0 Å². The van der Waals surface area contributed by atoms with Crippen LogP contribution in [0.3, 0.4) is 0 Å². The van der Waals surface area contributed by atoms with E-state index in [1.54, 1.807) is 0 Å². The summed E-state index contributed by atoms with van der Waals surface area (Å²) < 4.78 is 62.4. The normalized spacial score (nSPS) is 26.8. The van der Waals surface area contributed by atoms with E-state index in [0.29, 0.717) is 19.3 Å².